The highest BCUT2D eigenvalue weighted by molar-refractivity contribution is 6.04. The maximum atomic E-state index is 12.5. The van der Waals surface area contributed by atoms with Crippen LogP contribution < -0.4 is 10.1 Å². The summed E-state index contributed by atoms with van der Waals surface area (Å²) in [6.45, 7) is 0.397. The number of carbonyl (C=O) groups excluding carboxylic acids is 1. The van der Waals surface area contributed by atoms with Crippen LogP contribution in [-0.4, -0.2) is 17.5 Å². The Kier molecular flexibility index (Phi) is 6.16. The largest absolute Gasteiger partial charge is 0.490 e. The Labute approximate surface area is 158 Å². The Morgan fingerprint density at radius 2 is 1.74 bits per heavy atom. The van der Waals surface area contributed by atoms with Crippen LogP contribution in [0.5, 0.6) is 5.75 Å². The molecule has 0 fully saturated rings. The molecule has 0 saturated carbocycles. The lowest BCUT2D eigenvalue weighted by atomic mass is 10.0. The maximum Gasteiger partial charge on any atom is 0.256 e. The van der Waals surface area contributed by atoms with Gasteiger partial charge in [0.05, 0.1) is 12.7 Å². The minimum atomic E-state index is -0.254. The molecule has 0 radical (unpaired) electrons. The molecule has 1 heterocycles. The van der Waals surface area contributed by atoms with Crippen molar-refractivity contribution in [2.75, 3.05) is 11.9 Å². The molecule has 27 heavy (non-hydrogen) atoms. The summed E-state index contributed by atoms with van der Waals surface area (Å²) in [7, 11) is 0. The lowest BCUT2D eigenvalue weighted by molar-refractivity contribution is 0.102. The molecule has 5 nitrogen and oxygen atoms in total. The molecule has 0 spiro atoms. The lowest BCUT2D eigenvalue weighted by Crippen LogP contribution is -2.14. The van der Waals surface area contributed by atoms with Crippen LogP contribution in [0.3, 0.4) is 0 Å². The molecule has 1 amide bonds. The fourth-order valence-electron chi connectivity index (χ4n) is 2.56. The number of carbonyl (C=O) groups is 1. The van der Waals surface area contributed by atoms with Crippen molar-refractivity contribution in [3.63, 3.8) is 0 Å². The molecule has 0 bridgehead atoms. The standard InChI is InChI=1S/C22H19N3O2/c23-14-4-5-16-27-20-9-6-15-24-21(20)25-22(26)19-12-10-18(11-13-19)17-7-2-1-3-8-17/h1-3,6-13,15H,4-5,16H2,(H,24,25,26). The zero-order valence-corrected chi connectivity index (χ0v) is 14.8. The second-order valence-electron chi connectivity index (χ2n) is 5.86. The molecule has 0 atom stereocenters. The van der Waals surface area contributed by atoms with Crippen molar-refractivity contribution in [3.8, 4) is 22.9 Å². The normalized spacial score (nSPS) is 10.0. The number of hydrogen-bond acceptors (Lipinski definition) is 4. The van der Waals surface area contributed by atoms with Crippen molar-refractivity contribution in [2.45, 2.75) is 12.8 Å². The third-order valence-corrected chi connectivity index (χ3v) is 3.95. The third-order valence-electron chi connectivity index (χ3n) is 3.95. The SMILES string of the molecule is N#CCCCOc1cccnc1NC(=O)c1ccc(-c2ccccc2)cc1. The molecular weight excluding hydrogens is 338 g/mol. The molecule has 0 aliphatic carbocycles. The van der Waals surface area contributed by atoms with Crippen LogP contribution in [0.1, 0.15) is 23.2 Å². The number of rotatable bonds is 7. The third kappa shape index (κ3) is 4.93. The van der Waals surface area contributed by atoms with E-state index >= 15 is 0 Å². The Morgan fingerprint density at radius 1 is 1.00 bits per heavy atom. The van der Waals surface area contributed by atoms with Crippen LogP contribution in [-0.2, 0) is 0 Å². The summed E-state index contributed by atoms with van der Waals surface area (Å²) in [4.78, 5) is 16.7. The number of pyridine rings is 1. The number of nitrogens with zero attached hydrogens (tertiary/aromatic N) is 2. The molecule has 0 unspecified atom stereocenters. The zero-order valence-electron chi connectivity index (χ0n) is 14.8. The van der Waals surface area contributed by atoms with Gasteiger partial charge in [-0.25, -0.2) is 4.98 Å². The summed E-state index contributed by atoms with van der Waals surface area (Å²) in [5.74, 6) is 0.603. The monoisotopic (exact) mass is 357 g/mol. The maximum absolute atomic E-state index is 12.5. The summed E-state index contributed by atoms with van der Waals surface area (Å²) < 4.78 is 5.62. The first-order valence-corrected chi connectivity index (χ1v) is 8.69. The molecule has 2 aromatic carbocycles. The minimum absolute atomic E-state index is 0.254. The summed E-state index contributed by atoms with van der Waals surface area (Å²) in [6.07, 6.45) is 2.64. The minimum Gasteiger partial charge on any atom is -0.490 e. The lowest BCUT2D eigenvalue weighted by Gasteiger charge is -2.11. The van der Waals surface area contributed by atoms with Crippen LogP contribution in [0, 0.1) is 11.3 Å². The van der Waals surface area contributed by atoms with E-state index in [1.165, 1.54) is 0 Å². The van der Waals surface area contributed by atoms with E-state index in [1.807, 2.05) is 42.5 Å². The first-order valence-electron chi connectivity index (χ1n) is 8.69. The summed E-state index contributed by atoms with van der Waals surface area (Å²) in [6, 6.07) is 23.0. The molecule has 5 heteroatoms. The highest BCUT2D eigenvalue weighted by Crippen LogP contribution is 2.23. The number of unbranched alkanes of at least 4 members (excludes halogenated alkanes) is 1. The predicted molar refractivity (Wildman–Crippen MR) is 104 cm³/mol. The average Bonchev–Trinajstić information content (AvgIpc) is 2.73. The molecule has 0 aliphatic heterocycles. The van der Waals surface area contributed by atoms with E-state index in [0.717, 1.165) is 11.1 Å². The van der Waals surface area contributed by atoms with Gasteiger partial charge in [0.1, 0.15) is 0 Å². The van der Waals surface area contributed by atoms with E-state index in [2.05, 4.69) is 16.4 Å². The fraction of sp³-hybridized carbons (Fsp3) is 0.136. The van der Waals surface area contributed by atoms with Gasteiger partial charge < -0.3 is 10.1 Å². The average molecular weight is 357 g/mol. The quantitative estimate of drug-likeness (QED) is 0.623. The molecule has 3 aromatic rings. The van der Waals surface area contributed by atoms with Gasteiger partial charge >= 0.3 is 0 Å². The molecular formula is C22H19N3O2. The smallest absolute Gasteiger partial charge is 0.256 e. The van der Waals surface area contributed by atoms with Crippen LogP contribution in [0.15, 0.2) is 72.9 Å². The van der Waals surface area contributed by atoms with Crippen molar-refractivity contribution in [2.24, 2.45) is 0 Å². The van der Waals surface area contributed by atoms with Crippen molar-refractivity contribution in [1.29, 1.82) is 5.26 Å². The summed E-state index contributed by atoms with van der Waals surface area (Å²) in [5.41, 5.74) is 2.68. The first kappa shape index (κ1) is 18.2. The number of aromatic nitrogens is 1. The van der Waals surface area contributed by atoms with Gasteiger partial charge in [0, 0.05) is 18.2 Å². The van der Waals surface area contributed by atoms with E-state index in [-0.39, 0.29) is 5.91 Å². The highest BCUT2D eigenvalue weighted by atomic mass is 16.5. The summed E-state index contributed by atoms with van der Waals surface area (Å²) in [5, 5.41) is 11.4. The van der Waals surface area contributed by atoms with E-state index < -0.39 is 0 Å². The Morgan fingerprint density at radius 3 is 2.48 bits per heavy atom. The van der Waals surface area contributed by atoms with Crippen molar-refractivity contribution < 1.29 is 9.53 Å². The van der Waals surface area contributed by atoms with Gasteiger partial charge in [-0.3, -0.25) is 4.79 Å². The Hall–Kier alpha value is -3.65. The number of anilines is 1. The first-order chi connectivity index (χ1) is 13.3. The zero-order chi connectivity index (χ0) is 18.9. The predicted octanol–water partition coefficient (Wildman–Crippen LogP) is 4.68. The van der Waals surface area contributed by atoms with Gasteiger partial charge in [0.15, 0.2) is 11.6 Å². The summed E-state index contributed by atoms with van der Waals surface area (Å²) >= 11 is 0. The molecule has 0 saturated heterocycles. The molecule has 3 rings (SSSR count). The number of nitriles is 1. The van der Waals surface area contributed by atoms with Gasteiger partial charge in [0.25, 0.3) is 5.91 Å². The van der Waals surface area contributed by atoms with Crippen molar-refractivity contribution >= 4 is 11.7 Å². The molecule has 0 aliphatic rings. The highest BCUT2D eigenvalue weighted by Gasteiger charge is 2.11. The second-order valence-corrected chi connectivity index (χ2v) is 5.86. The Balaban J connectivity index is 1.68. The van der Waals surface area contributed by atoms with Gasteiger partial charge in [-0.1, -0.05) is 42.5 Å². The number of amides is 1. The second kappa shape index (κ2) is 9.16. The van der Waals surface area contributed by atoms with E-state index in [0.29, 0.717) is 36.6 Å². The Bertz CT molecular complexity index is 932. The van der Waals surface area contributed by atoms with Gasteiger partial charge in [-0.15, -0.1) is 0 Å². The van der Waals surface area contributed by atoms with Gasteiger partial charge in [-0.05, 0) is 41.8 Å². The van der Waals surface area contributed by atoms with Crippen LogP contribution in [0.2, 0.25) is 0 Å². The topological polar surface area (TPSA) is 75.0 Å². The molecule has 1 aromatic heterocycles. The van der Waals surface area contributed by atoms with E-state index in [9.17, 15) is 4.79 Å². The van der Waals surface area contributed by atoms with E-state index in [4.69, 9.17) is 10.00 Å². The molecule has 134 valence electrons. The van der Waals surface area contributed by atoms with Crippen LogP contribution in [0.4, 0.5) is 5.82 Å². The van der Waals surface area contributed by atoms with Crippen LogP contribution >= 0.6 is 0 Å². The number of hydrogen-bond donors (Lipinski definition) is 1. The number of benzene rings is 2. The van der Waals surface area contributed by atoms with Crippen LogP contribution in [0.25, 0.3) is 11.1 Å². The van der Waals surface area contributed by atoms with Gasteiger partial charge in [0.2, 0.25) is 0 Å². The number of ether oxygens (including phenoxy) is 1. The van der Waals surface area contributed by atoms with Gasteiger partial charge in [-0.2, -0.15) is 5.26 Å². The number of nitrogens with one attached hydrogen (secondary N) is 1. The van der Waals surface area contributed by atoms with E-state index in [1.54, 1.807) is 30.5 Å². The fourth-order valence-corrected chi connectivity index (χ4v) is 2.56. The van der Waals surface area contributed by atoms with Crippen molar-refractivity contribution in [3.05, 3.63) is 78.5 Å². The molecule has 1 N–H and O–H groups in total. The van der Waals surface area contributed by atoms with Crippen molar-refractivity contribution in [1.82, 2.24) is 4.98 Å².